The van der Waals surface area contributed by atoms with Crippen LogP contribution in [0.5, 0.6) is 5.75 Å². The van der Waals surface area contributed by atoms with E-state index in [4.69, 9.17) is 4.74 Å². The van der Waals surface area contributed by atoms with Crippen LogP contribution in [0, 0.1) is 11.7 Å². The summed E-state index contributed by atoms with van der Waals surface area (Å²) in [6.45, 7) is 0.357. The lowest BCUT2D eigenvalue weighted by atomic mass is 9.99. The summed E-state index contributed by atoms with van der Waals surface area (Å²) >= 11 is 0. The summed E-state index contributed by atoms with van der Waals surface area (Å²) < 4.78 is 18.7. The Morgan fingerprint density at radius 1 is 1.11 bits per heavy atom. The number of hydrogen-bond acceptors (Lipinski definition) is 4. The molecule has 0 aliphatic carbocycles. The van der Waals surface area contributed by atoms with E-state index in [2.05, 4.69) is 10.3 Å². The molecule has 2 amide bonds. The summed E-state index contributed by atoms with van der Waals surface area (Å²) in [5.74, 6) is -1.21. The SMILES string of the molecule is O=C(Nc1cccc2cccnc12)C1CN(C(=O)COc2ccccc2F)C1. The van der Waals surface area contributed by atoms with Gasteiger partial charge in [0.2, 0.25) is 5.91 Å². The van der Waals surface area contributed by atoms with Crippen molar-refractivity contribution in [3.63, 3.8) is 0 Å². The van der Waals surface area contributed by atoms with Crippen molar-refractivity contribution in [1.82, 2.24) is 9.88 Å². The molecule has 1 fully saturated rings. The Labute approximate surface area is 160 Å². The minimum atomic E-state index is -0.514. The summed E-state index contributed by atoms with van der Waals surface area (Å²) in [7, 11) is 0. The van der Waals surface area contributed by atoms with Crippen molar-refractivity contribution in [3.8, 4) is 5.75 Å². The van der Waals surface area contributed by atoms with E-state index < -0.39 is 5.82 Å². The molecule has 28 heavy (non-hydrogen) atoms. The van der Waals surface area contributed by atoms with E-state index in [-0.39, 0.29) is 30.1 Å². The van der Waals surface area contributed by atoms with Gasteiger partial charge in [0.25, 0.3) is 5.91 Å². The van der Waals surface area contributed by atoms with E-state index >= 15 is 0 Å². The second-order valence-electron chi connectivity index (χ2n) is 6.58. The minimum absolute atomic E-state index is 0.0362. The highest BCUT2D eigenvalue weighted by atomic mass is 19.1. The molecule has 0 bridgehead atoms. The van der Waals surface area contributed by atoms with Crippen LogP contribution in [0.15, 0.2) is 60.8 Å². The van der Waals surface area contributed by atoms with E-state index in [1.807, 2.05) is 24.3 Å². The molecule has 7 heteroatoms. The van der Waals surface area contributed by atoms with Gasteiger partial charge in [-0.2, -0.15) is 0 Å². The third-order valence-corrected chi connectivity index (χ3v) is 4.68. The van der Waals surface area contributed by atoms with E-state index in [1.165, 1.54) is 17.0 Å². The molecule has 2 aromatic carbocycles. The van der Waals surface area contributed by atoms with Gasteiger partial charge in [0.15, 0.2) is 18.2 Å². The van der Waals surface area contributed by atoms with Crippen LogP contribution in [0.2, 0.25) is 0 Å². The second kappa shape index (κ2) is 7.64. The lowest BCUT2D eigenvalue weighted by molar-refractivity contribution is -0.143. The van der Waals surface area contributed by atoms with Crippen molar-refractivity contribution in [1.29, 1.82) is 0 Å². The molecule has 142 valence electrons. The number of amides is 2. The number of aromatic nitrogens is 1. The number of carbonyl (C=O) groups is 2. The number of hydrogen-bond donors (Lipinski definition) is 1. The van der Waals surface area contributed by atoms with Crippen LogP contribution >= 0.6 is 0 Å². The Morgan fingerprint density at radius 3 is 2.71 bits per heavy atom. The van der Waals surface area contributed by atoms with Crippen LogP contribution in [-0.2, 0) is 9.59 Å². The van der Waals surface area contributed by atoms with Gasteiger partial charge in [-0.15, -0.1) is 0 Å². The average molecular weight is 379 g/mol. The van der Waals surface area contributed by atoms with Crippen molar-refractivity contribution < 1.29 is 18.7 Å². The number of para-hydroxylation sites is 2. The minimum Gasteiger partial charge on any atom is -0.481 e. The topological polar surface area (TPSA) is 71.5 Å². The van der Waals surface area contributed by atoms with Crippen LogP contribution in [0.4, 0.5) is 10.1 Å². The predicted molar refractivity (Wildman–Crippen MR) is 102 cm³/mol. The Balaban J connectivity index is 1.30. The number of nitrogens with one attached hydrogen (secondary N) is 1. The number of anilines is 1. The maximum atomic E-state index is 13.5. The summed E-state index contributed by atoms with van der Waals surface area (Å²) in [5, 5.41) is 3.83. The highest BCUT2D eigenvalue weighted by molar-refractivity contribution is 6.01. The number of likely N-dealkylation sites (tertiary alicyclic amines) is 1. The molecule has 1 aliphatic heterocycles. The number of rotatable bonds is 5. The van der Waals surface area contributed by atoms with Crippen molar-refractivity contribution in [2.24, 2.45) is 5.92 Å². The van der Waals surface area contributed by atoms with Crippen LogP contribution in [0.3, 0.4) is 0 Å². The van der Waals surface area contributed by atoms with Gasteiger partial charge in [0, 0.05) is 24.7 Å². The summed E-state index contributed by atoms with van der Waals surface area (Å²) in [6.07, 6.45) is 1.68. The Kier molecular flexibility index (Phi) is 4.89. The Bertz CT molecular complexity index is 1030. The van der Waals surface area contributed by atoms with Gasteiger partial charge in [-0.3, -0.25) is 14.6 Å². The lowest BCUT2D eigenvalue weighted by Crippen LogP contribution is -2.55. The van der Waals surface area contributed by atoms with E-state index in [0.29, 0.717) is 18.8 Å². The molecular weight excluding hydrogens is 361 g/mol. The fourth-order valence-corrected chi connectivity index (χ4v) is 3.08. The molecule has 0 radical (unpaired) electrons. The summed E-state index contributed by atoms with van der Waals surface area (Å²) in [6, 6.07) is 15.3. The number of pyridine rings is 1. The zero-order chi connectivity index (χ0) is 19.5. The molecule has 0 atom stereocenters. The smallest absolute Gasteiger partial charge is 0.260 e. The third-order valence-electron chi connectivity index (χ3n) is 4.68. The maximum absolute atomic E-state index is 13.5. The van der Waals surface area contributed by atoms with Gasteiger partial charge >= 0.3 is 0 Å². The quantitative estimate of drug-likeness (QED) is 0.740. The van der Waals surface area contributed by atoms with Crippen LogP contribution in [0.1, 0.15) is 0 Å². The normalized spacial score (nSPS) is 13.8. The van der Waals surface area contributed by atoms with Crippen LogP contribution < -0.4 is 10.1 Å². The first kappa shape index (κ1) is 17.9. The van der Waals surface area contributed by atoms with Crippen molar-refractivity contribution in [2.75, 3.05) is 25.0 Å². The molecule has 1 saturated heterocycles. The number of carbonyl (C=O) groups excluding carboxylic acids is 2. The van der Waals surface area contributed by atoms with Crippen molar-refractivity contribution in [2.45, 2.75) is 0 Å². The molecule has 0 unspecified atom stereocenters. The maximum Gasteiger partial charge on any atom is 0.260 e. The molecule has 6 nitrogen and oxygen atoms in total. The highest BCUT2D eigenvalue weighted by Gasteiger charge is 2.36. The summed E-state index contributed by atoms with van der Waals surface area (Å²) in [5.41, 5.74) is 1.37. The largest absolute Gasteiger partial charge is 0.481 e. The molecule has 1 N–H and O–H groups in total. The number of benzene rings is 2. The molecule has 3 aromatic rings. The van der Waals surface area contributed by atoms with Gasteiger partial charge in [-0.1, -0.05) is 30.3 Å². The zero-order valence-corrected chi connectivity index (χ0v) is 15.0. The standard InChI is InChI=1S/C21H18FN3O3/c22-16-7-1-2-9-18(16)28-13-19(26)25-11-15(12-25)21(27)24-17-8-3-5-14-6-4-10-23-20(14)17/h1-10,15H,11-13H2,(H,24,27). The molecule has 0 saturated carbocycles. The molecule has 1 aliphatic rings. The first-order valence-corrected chi connectivity index (χ1v) is 8.91. The number of halogens is 1. The van der Waals surface area contributed by atoms with Crippen molar-refractivity contribution in [3.05, 3.63) is 66.6 Å². The average Bonchev–Trinajstić information content (AvgIpc) is 2.66. The number of fused-ring (bicyclic) bond motifs is 1. The van der Waals surface area contributed by atoms with Crippen LogP contribution in [-0.4, -0.2) is 41.4 Å². The first-order valence-electron chi connectivity index (χ1n) is 8.91. The van der Waals surface area contributed by atoms with Gasteiger partial charge in [0.05, 0.1) is 17.1 Å². The van der Waals surface area contributed by atoms with Gasteiger partial charge in [-0.05, 0) is 24.3 Å². The number of nitrogens with zero attached hydrogens (tertiary/aromatic N) is 2. The van der Waals surface area contributed by atoms with E-state index in [9.17, 15) is 14.0 Å². The fourth-order valence-electron chi connectivity index (χ4n) is 3.08. The van der Waals surface area contributed by atoms with Crippen molar-refractivity contribution >= 4 is 28.4 Å². The molecule has 1 aromatic heterocycles. The molecule has 0 spiro atoms. The number of ether oxygens (including phenoxy) is 1. The molecule has 4 rings (SSSR count). The first-order chi connectivity index (χ1) is 13.6. The van der Waals surface area contributed by atoms with Gasteiger partial charge < -0.3 is 15.0 Å². The Hall–Kier alpha value is -3.48. The predicted octanol–water partition coefficient (Wildman–Crippen LogP) is 2.85. The molecule has 2 heterocycles. The fraction of sp³-hybridized carbons (Fsp3) is 0.190. The summed E-state index contributed by atoms with van der Waals surface area (Å²) in [4.78, 5) is 30.5. The van der Waals surface area contributed by atoms with Gasteiger partial charge in [0.1, 0.15) is 0 Å². The van der Waals surface area contributed by atoms with E-state index in [1.54, 1.807) is 24.4 Å². The molecular formula is C21H18FN3O3. The monoisotopic (exact) mass is 379 g/mol. The zero-order valence-electron chi connectivity index (χ0n) is 15.0. The van der Waals surface area contributed by atoms with Crippen LogP contribution in [0.25, 0.3) is 10.9 Å². The third kappa shape index (κ3) is 3.64. The van der Waals surface area contributed by atoms with Gasteiger partial charge in [-0.25, -0.2) is 4.39 Å². The highest BCUT2D eigenvalue weighted by Crippen LogP contribution is 2.24. The Morgan fingerprint density at radius 2 is 1.89 bits per heavy atom. The lowest BCUT2D eigenvalue weighted by Gasteiger charge is -2.38. The second-order valence-corrected chi connectivity index (χ2v) is 6.58. The van der Waals surface area contributed by atoms with E-state index in [0.717, 1.165) is 10.9 Å².